The lowest BCUT2D eigenvalue weighted by atomic mass is 10.3. The van der Waals surface area contributed by atoms with Crippen LogP contribution in [-0.2, 0) is 19.6 Å². The molecule has 0 fully saturated rings. The second-order valence-corrected chi connectivity index (χ2v) is 8.98. The van der Waals surface area contributed by atoms with Crippen LogP contribution in [0.2, 0.25) is 0 Å². The van der Waals surface area contributed by atoms with Gasteiger partial charge in [-0.05, 0) is 35.7 Å². The second-order valence-electron chi connectivity index (χ2n) is 6.23. The first kappa shape index (κ1) is 22.3. The molecule has 0 aliphatic carbocycles. The van der Waals surface area contributed by atoms with Crippen LogP contribution in [0, 0.1) is 0 Å². The van der Waals surface area contributed by atoms with Crippen LogP contribution in [0.5, 0.6) is 5.75 Å². The molecule has 31 heavy (non-hydrogen) atoms. The number of carbonyl (C=O) groups is 2. The van der Waals surface area contributed by atoms with Crippen molar-refractivity contribution in [2.45, 2.75) is 4.90 Å². The molecular formula is C21H20N2O6S2. The molecule has 0 radical (unpaired) electrons. The van der Waals surface area contributed by atoms with E-state index < -0.39 is 28.4 Å². The maximum atomic E-state index is 13.4. The molecule has 1 aromatic heterocycles. The molecule has 0 saturated carbocycles. The Labute approximate surface area is 184 Å². The van der Waals surface area contributed by atoms with E-state index in [0.29, 0.717) is 11.4 Å². The predicted molar refractivity (Wildman–Crippen MR) is 118 cm³/mol. The molecule has 8 nitrogen and oxygen atoms in total. The van der Waals surface area contributed by atoms with Crippen LogP contribution in [0.1, 0.15) is 9.67 Å². The van der Waals surface area contributed by atoms with Crippen molar-refractivity contribution in [3.8, 4) is 5.75 Å². The predicted octanol–water partition coefficient (Wildman–Crippen LogP) is 3.38. The third-order valence-corrected chi connectivity index (χ3v) is 7.09. The number of nitrogens with one attached hydrogen (secondary N) is 1. The molecule has 1 amide bonds. The van der Waals surface area contributed by atoms with Gasteiger partial charge in [0.05, 0.1) is 19.9 Å². The van der Waals surface area contributed by atoms with Crippen molar-refractivity contribution in [3.05, 3.63) is 70.9 Å². The van der Waals surface area contributed by atoms with E-state index in [4.69, 9.17) is 9.47 Å². The van der Waals surface area contributed by atoms with Crippen LogP contribution in [0.25, 0.3) is 0 Å². The van der Waals surface area contributed by atoms with Crippen molar-refractivity contribution in [2.75, 3.05) is 30.4 Å². The van der Waals surface area contributed by atoms with Crippen LogP contribution in [0.4, 0.5) is 11.4 Å². The molecule has 1 N–H and O–H groups in total. The SMILES string of the molecule is COC(=O)c1sccc1S(=O)(=O)N(CC(=O)Nc1cccc(OC)c1)c1ccccc1. The highest BCUT2D eigenvalue weighted by Gasteiger charge is 2.32. The Morgan fingerprint density at radius 1 is 1.03 bits per heavy atom. The molecular weight excluding hydrogens is 440 g/mol. The van der Waals surface area contributed by atoms with Gasteiger partial charge in [0.25, 0.3) is 10.0 Å². The van der Waals surface area contributed by atoms with Gasteiger partial charge in [0.15, 0.2) is 0 Å². The molecule has 0 unspecified atom stereocenters. The zero-order chi connectivity index (χ0) is 22.4. The average molecular weight is 461 g/mol. The van der Waals surface area contributed by atoms with Crippen LogP contribution < -0.4 is 14.4 Å². The number of thiophene rings is 1. The first-order chi connectivity index (χ1) is 14.9. The van der Waals surface area contributed by atoms with Gasteiger partial charge in [0, 0.05) is 11.8 Å². The quantitative estimate of drug-likeness (QED) is 0.517. The fourth-order valence-corrected chi connectivity index (χ4v) is 5.53. The van der Waals surface area contributed by atoms with Gasteiger partial charge >= 0.3 is 5.97 Å². The van der Waals surface area contributed by atoms with E-state index in [0.717, 1.165) is 15.6 Å². The van der Waals surface area contributed by atoms with E-state index in [1.165, 1.54) is 25.7 Å². The van der Waals surface area contributed by atoms with Gasteiger partial charge in [-0.2, -0.15) is 0 Å². The van der Waals surface area contributed by atoms with Crippen LogP contribution in [-0.4, -0.2) is 41.1 Å². The molecule has 3 aromatic rings. The van der Waals surface area contributed by atoms with Crippen molar-refractivity contribution < 1.29 is 27.5 Å². The smallest absolute Gasteiger partial charge is 0.349 e. The summed E-state index contributed by atoms with van der Waals surface area (Å²) < 4.78 is 37.7. The van der Waals surface area contributed by atoms with Gasteiger partial charge in [-0.1, -0.05) is 24.3 Å². The summed E-state index contributed by atoms with van der Waals surface area (Å²) in [5.41, 5.74) is 0.742. The fourth-order valence-electron chi connectivity index (χ4n) is 2.80. The third-order valence-electron chi connectivity index (χ3n) is 4.25. The topological polar surface area (TPSA) is 102 Å². The molecule has 1 heterocycles. The summed E-state index contributed by atoms with van der Waals surface area (Å²) in [6, 6.07) is 16.2. The normalized spacial score (nSPS) is 10.9. The average Bonchev–Trinajstić information content (AvgIpc) is 3.28. The lowest BCUT2D eigenvalue weighted by Crippen LogP contribution is -2.38. The summed E-state index contributed by atoms with van der Waals surface area (Å²) in [6.07, 6.45) is 0. The number of methoxy groups -OCH3 is 2. The van der Waals surface area contributed by atoms with Crippen LogP contribution in [0.3, 0.4) is 0 Å². The number of hydrogen-bond acceptors (Lipinski definition) is 7. The second kappa shape index (κ2) is 9.63. The molecule has 10 heteroatoms. The number of sulfonamides is 1. The third kappa shape index (κ3) is 5.04. The largest absolute Gasteiger partial charge is 0.497 e. The maximum absolute atomic E-state index is 13.4. The first-order valence-corrected chi connectivity index (χ1v) is 11.4. The lowest BCUT2D eigenvalue weighted by molar-refractivity contribution is -0.114. The summed E-state index contributed by atoms with van der Waals surface area (Å²) in [5, 5.41) is 4.15. The van der Waals surface area contributed by atoms with E-state index in [9.17, 15) is 18.0 Å². The van der Waals surface area contributed by atoms with Crippen molar-refractivity contribution in [1.29, 1.82) is 0 Å². The van der Waals surface area contributed by atoms with Gasteiger partial charge < -0.3 is 14.8 Å². The van der Waals surface area contributed by atoms with Gasteiger partial charge in [0.2, 0.25) is 5.91 Å². The Hall–Kier alpha value is -3.37. The number of para-hydroxylation sites is 1. The highest BCUT2D eigenvalue weighted by molar-refractivity contribution is 7.93. The minimum atomic E-state index is -4.24. The number of nitrogens with zero attached hydrogens (tertiary/aromatic N) is 1. The zero-order valence-corrected chi connectivity index (χ0v) is 18.4. The number of ether oxygens (including phenoxy) is 2. The minimum Gasteiger partial charge on any atom is -0.497 e. The van der Waals surface area contributed by atoms with E-state index in [1.54, 1.807) is 54.6 Å². The van der Waals surface area contributed by atoms with Gasteiger partial charge in [-0.3, -0.25) is 9.10 Å². The standard InChI is InChI=1S/C21H20N2O6S2/c1-28-17-10-6-7-15(13-17)22-19(24)14-23(16-8-4-3-5-9-16)31(26,27)18-11-12-30-20(18)21(25)29-2/h3-13H,14H2,1-2H3,(H,22,24). The molecule has 0 saturated heterocycles. The molecule has 0 bridgehead atoms. The lowest BCUT2D eigenvalue weighted by Gasteiger charge is -2.24. The van der Waals surface area contributed by atoms with Gasteiger partial charge in [0.1, 0.15) is 22.1 Å². The van der Waals surface area contributed by atoms with Crippen molar-refractivity contribution >= 4 is 44.6 Å². The summed E-state index contributed by atoms with van der Waals surface area (Å²) in [5.74, 6) is -0.774. The van der Waals surface area contributed by atoms with Crippen molar-refractivity contribution in [1.82, 2.24) is 0 Å². The number of carbonyl (C=O) groups excluding carboxylic acids is 2. The van der Waals surface area contributed by atoms with Crippen LogP contribution in [0.15, 0.2) is 70.9 Å². The van der Waals surface area contributed by atoms with Crippen LogP contribution >= 0.6 is 11.3 Å². The Bertz CT molecular complexity index is 1180. The summed E-state index contributed by atoms with van der Waals surface area (Å²) >= 11 is 0.952. The summed E-state index contributed by atoms with van der Waals surface area (Å²) in [7, 11) is -1.56. The molecule has 3 rings (SSSR count). The number of benzene rings is 2. The Morgan fingerprint density at radius 3 is 2.45 bits per heavy atom. The molecule has 0 atom stereocenters. The Kier molecular flexibility index (Phi) is 6.93. The zero-order valence-electron chi connectivity index (χ0n) is 16.8. The molecule has 0 aliphatic rings. The maximum Gasteiger partial charge on any atom is 0.349 e. The minimum absolute atomic E-state index is 0.0587. The highest BCUT2D eigenvalue weighted by Crippen LogP contribution is 2.29. The fraction of sp³-hybridized carbons (Fsp3) is 0.143. The number of rotatable bonds is 8. The molecule has 2 aromatic carbocycles. The number of amides is 1. The number of anilines is 2. The Balaban J connectivity index is 1.95. The molecule has 0 spiro atoms. The van der Waals surface area contributed by atoms with Crippen molar-refractivity contribution in [2.24, 2.45) is 0 Å². The summed E-state index contributed by atoms with van der Waals surface area (Å²) in [6.45, 7) is -0.500. The van der Waals surface area contributed by atoms with E-state index in [-0.39, 0.29) is 15.5 Å². The number of esters is 1. The molecule has 0 aliphatic heterocycles. The number of hydrogen-bond donors (Lipinski definition) is 1. The monoisotopic (exact) mass is 460 g/mol. The highest BCUT2D eigenvalue weighted by atomic mass is 32.2. The molecule has 162 valence electrons. The van der Waals surface area contributed by atoms with E-state index in [1.807, 2.05) is 0 Å². The summed E-state index contributed by atoms with van der Waals surface area (Å²) in [4.78, 5) is 24.5. The van der Waals surface area contributed by atoms with E-state index >= 15 is 0 Å². The van der Waals surface area contributed by atoms with Gasteiger partial charge in [-0.25, -0.2) is 13.2 Å². The Morgan fingerprint density at radius 2 is 1.77 bits per heavy atom. The first-order valence-electron chi connectivity index (χ1n) is 9.04. The van der Waals surface area contributed by atoms with Crippen molar-refractivity contribution in [3.63, 3.8) is 0 Å². The van der Waals surface area contributed by atoms with Gasteiger partial charge in [-0.15, -0.1) is 11.3 Å². The van der Waals surface area contributed by atoms with E-state index in [2.05, 4.69) is 5.32 Å².